The van der Waals surface area contributed by atoms with Crippen molar-refractivity contribution >= 4 is 6.03 Å². The Labute approximate surface area is 79.9 Å². The van der Waals surface area contributed by atoms with E-state index in [1.165, 1.54) is 6.42 Å². The van der Waals surface area contributed by atoms with Crippen LogP contribution >= 0.6 is 0 Å². The van der Waals surface area contributed by atoms with Crippen LogP contribution in [0, 0.1) is 5.92 Å². The van der Waals surface area contributed by atoms with Gasteiger partial charge in [0.15, 0.2) is 0 Å². The monoisotopic (exact) mass is 185 g/mol. The first-order chi connectivity index (χ1) is 6.15. The van der Waals surface area contributed by atoms with Gasteiger partial charge in [-0.2, -0.15) is 0 Å². The molecule has 0 spiro atoms. The molecule has 1 aliphatic heterocycles. The highest BCUT2D eigenvalue weighted by Gasteiger charge is 2.30. The van der Waals surface area contributed by atoms with E-state index in [-0.39, 0.29) is 6.03 Å². The molecule has 1 N–H and O–H groups in total. The fraction of sp³-hybridized carbons (Fsp3) is 0.889. The highest BCUT2D eigenvalue weighted by atomic mass is 16.2. The Morgan fingerprint density at radius 2 is 2.15 bits per heavy atom. The summed E-state index contributed by atoms with van der Waals surface area (Å²) in [4.78, 5) is 14.9. The Balaban J connectivity index is 2.14. The van der Waals surface area contributed by atoms with Crippen molar-refractivity contribution in [1.29, 1.82) is 0 Å². The molecular weight excluding hydrogens is 166 g/mol. The van der Waals surface area contributed by atoms with E-state index in [9.17, 15) is 4.79 Å². The van der Waals surface area contributed by atoms with Gasteiger partial charge >= 0.3 is 6.03 Å². The molecule has 1 rings (SSSR count). The molecule has 4 nitrogen and oxygen atoms in total. The fourth-order valence-corrected chi connectivity index (χ4v) is 1.54. The van der Waals surface area contributed by atoms with E-state index in [0.29, 0.717) is 5.92 Å². The molecule has 1 saturated heterocycles. The largest absolute Gasteiger partial charge is 0.331 e. The van der Waals surface area contributed by atoms with Crippen LogP contribution in [0.5, 0.6) is 0 Å². The maximum absolute atomic E-state index is 11.4. The lowest BCUT2D eigenvalue weighted by Gasteiger charge is -2.40. The normalized spacial score (nSPS) is 17.0. The van der Waals surface area contributed by atoms with Gasteiger partial charge in [-0.15, -0.1) is 0 Å². The third kappa shape index (κ3) is 2.59. The third-order valence-corrected chi connectivity index (χ3v) is 2.41. The van der Waals surface area contributed by atoms with E-state index >= 15 is 0 Å². The molecule has 0 aliphatic carbocycles. The van der Waals surface area contributed by atoms with Crippen molar-refractivity contribution in [1.82, 2.24) is 15.1 Å². The van der Waals surface area contributed by atoms with Gasteiger partial charge < -0.3 is 15.1 Å². The molecule has 76 valence electrons. The molecule has 0 atom stereocenters. The van der Waals surface area contributed by atoms with Gasteiger partial charge in [-0.3, -0.25) is 0 Å². The predicted octanol–water partition coefficient (Wildman–Crippen LogP) is 0.209. The number of amides is 2. The summed E-state index contributed by atoms with van der Waals surface area (Å²) >= 11 is 0. The Kier molecular flexibility index (Phi) is 3.54. The van der Waals surface area contributed by atoms with Crippen molar-refractivity contribution in [3.05, 3.63) is 0 Å². The van der Waals surface area contributed by atoms with E-state index < -0.39 is 0 Å². The summed E-state index contributed by atoms with van der Waals surface area (Å²) < 4.78 is 0. The molecule has 0 aromatic carbocycles. The first-order valence-corrected chi connectivity index (χ1v) is 4.76. The minimum Gasteiger partial charge on any atom is -0.331 e. The fourth-order valence-electron chi connectivity index (χ4n) is 1.54. The van der Waals surface area contributed by atoms with Crippen LogP contribution in [-0.4, -0.2) is 56.6 Å². The number of likely N-dealkylation sites (tertiary alicyclic amines) is 1. The zero-order valence-electron chi connectivity index (χ0n) is 8.71. The average Bonchev–Trinajstić information content (AvgIpc) is 2.01. The van der Waals surface area contributed by atoms with Gasteiger partial charge in [0.25, 0.3) is 0 Å². The van der Waals surface area contributed by atoms with Gasteiger partial charge in [0.1, 0.15) is 0 Å². The van der Waals surface area contributed by atoms with Crippen molar-refractivity contribution in [2.45, 2.75) is 6.42 Å². The number of rotatable bonds is 3. The molecular formula is C9H19N3O. The van der Waals surface area contributed by atoms with Gasteiger partial charge in [0.2, 0.25) is 0 Å². The average molecular weight is 185 g/mol. The zero-order valence-corrected chi connectivity index (χ0v) is 8.71. The first kappa shape index (κ1) is 10.3. The van der Waals surface area contributed by atoms with E-state index in [4.69, 9.17) is 0 Å². The summed E-state index contributed by atoms with van der Waals surface area (Å²) in [5, 5.41) is 3.12. The van der Waals surface area contributed by atoms with Crippen LogP contribution in [0.2, 0.25) is 0 Å². The summed E-state index contributed by atoms with van der Waals surface area (Å²) in [6.45, 7) is 2.91. The van der Waals surface area contributed by atoms with Crippen LogP contribution in [-0.2, 0) is 0 Å². The molecule has 0 unspecified atom stereocenters. The molecule has 0 aromatic heterocycles. The molecule has 1 fully saturated rings. The number of nitrogens with one attached hydrogen (secondary N) is 1. The predicted molar refractivity (Wildman–Crippen MR) is 52.7 cm³/mol. The third-order valence-electron chi connectivity index (χ3n) is 2.41. The number of nitrogens with zero attached hydrogens (tertiary/aromatic N) is 2. The van der Waals surface area contributed by atoms with Crippen LogP contribution < -0.4 is 5.32 Å². The highest BCUT2D eigenvalue weighted by molar-refractivity contribution is 5.74. The Morgan fingerprint density at radius 3 is 2.62 bits per heavy atom. The quantitative estimate of drug-likeness (QED) is 0.682. The van der Waals surface area contributed by atoms with Crippen molar-refractivity contribution < 1.29 is 4.79 Å². The summed E-state index contributed by atoms with van der Waals surface area (Å²) in [5.74, 6) is 0.705. The molecule has 0 radical (unpaired) electrons. The van der Waals surface area contributed by atoms with Crippen LogP contribution in [0.3, 0.4) is 0 Å². The maximum atomic E-state index is 11.4. The molecule has 13 heavy (non-hydrogen) atoms. The van der Waals surface area contributed by atoms with Crippen molar-refractivity contribution in [3.8, 4) is 0 Å². The first-order valence-electron chi connectivity index (χ1n) is 4.76. The van der Waals surface area contributed by atoms with Gasteiger partial charge in [-0.1, -0.05) is 0 Å². The van der Waals surface area contributed by atoms with Crippen LogP contribution in [0.4, 0.5) is 4.79 Å². The van der Waals surface area contributed by atoms with Gasteiger partial charge in [0.05, 0.1) is 0 Å². The molecule has 0 saturated carbocycles. The van der Waals surface area contributed by atoms with Gasteiger partial charge in [-0.05, 0) is 25.9 Å². The molecule has 0 aromatic rings. The lowest BCUT2D eigenvalue weighted by atomic mass is 9.97. The molecule has 1 aliphatic rings. The Bertz CT molecular complexity index is 176. The lowest BCUT2D eigenvalue weighted by molar-refractivity contribution is 0.0976. The van der Waals surface area contributed by atoms with Crippen LogP contribution in [0.25, 0.3) is 0 Å². The van der Waals surface area contributed by atoms with E-state index in [2.05, 4.69) is 5.32 Å². The minimum atomic E-state index is 0.140. The topological polar surface area (TPSA) is 35.6 Å². The van der Waals surface area contributed by atoms with E-state index in [1.807, 2.05) is 11.9 Å². The van der Waals surface area contributed by atoms with Gasteiger partial charge in [0, 0.05) is 27.2 Å². The van der Waals surface area contributed by atoms with Crippen LogP contribution in [0.15, 0.2) is 0 Å². The Morgan fingerprint density at radius 1 is 1.54 bits per heavy atom. The highest BCUT2D eigenvalue weighted by Crippen LogP contribution is 2.19. The second-order valence-electron chi connectivity index (χ2n) is 3.84. The van der Waals surface area contributed by atoms with E-state index in [0.717, 1.165) is 19.6 Å². The van der Waals surface area contributed by atoms with Crippen LogP contribution in [0.1, 0.15) is 6.42 Å². The molecule has 4 heteroatoms. The van der Waals surface area contributed by atoms with Crippen molar-refractivity contribution in [2.24, 2.45) is 5.92 Å². The summed E-state index contributed by atoms with van der Waals surface area (Å²) in [5.41, 5.74) is 0. The maximum Gasteiger partial charge on any atom is 0.319 e. The smallest absolute Gasteiger partial charge is 0.319 e. The van der Waals surface area contributed by atoms with E-state index in [1.54, 1.807) is 19.0 Å². The van der Waals surface area contributed by atoms with Gasteiger partial charge in [-0.25, -0.2) is 4.79 Å². The Hall–Kier alpha value is -0.770. The molecule has 2 amide bonds. The lowest BCUT2D eigenvalue weighted by Crippen LogP contribution is -2.53. The zero-order chi connectivity index (χ0) is 9.84. The summed E-state index contributed by atoms with van der Waals surface area (Å²) in [7, 11) is 5.55. The second-order valence-corrected chi connectivity index (χ2v) is 3.84. The summed E-state index contributed by atoms with van der Waals surface area (Å²) in [6, 6.07) is 0.140. The summed E-state index contributed by atoms with van der Waals surface area (Å²) in [6.07, 6.45) is 1.17. The number of hydrogen-bond donors (Lipinski definition) is 1. The number of urea groups is 1. The number of carbonyl (C=O) groups excluding carboxylic acids is 1. The molecule has 1 heterocycles. The van der Waals surface area contributed by atoms with Crippen molar-refractivity contribution in [2.75, 3.05) is 40.8 Å². The minimum absolute atomic E-state index is 0.140. The standard InChI is InChI=1S/C9H19N3O/c1-10-5-4-8-6-12(7-8)9(13)11(2)3/h8,10H,4-7H2,1-3H3. The second kappa shape index (κ2) is 4.46. The molecule has 0 bridgehead atoms. The van der Waals surface area contributed by atoms with Crippen molar-refractivity contribution in [3.63, 3.8) is 0 Å². The SMILES string of the molecule is CNCCC1CN(C(=O)N(C)C)C1. The number of carbonyl (C=O) groups is 1. The number of hydrogen-bond acceptors (Lipinski definition) is 2.